The van der Waals surface area contributed by atoms with Crippen molar-refractivity contribution in [1.29, 1.82) is 0 Å². The molecule has 21 atom stereocenters. The van der Waals surface area contributed by atoms with Crippen LogP contribution in [0.15, 0.2) is 35.2 Å². The van der Waals surface area contributed by atoms with Gasteiger partial charge in [0.2, 0.25) is 17.6 Å². The highest BCUT2D eigenvalue weighted by molar-refractivity contribution is 7.99. The van der Waals surface area contributed by atoms with Crippen molar-refractivity contribution in [3.63, 3.8) is 0 Å². The second-order valence-electron chi connectivity index (χ2n) is 21.1. The summed E-state index contributed by atoms with van der Waals surface area (Å²) in [5.74, 6) is -13.6. The fraction of sp³-hybridized carbons (Fsp3) is 0.566. The zero-order valence-electron chi connectivity index (χ0n) is 46.6. The maximum absolute atomic E-state index is 13.5. The van der Waals surface area contributed by atoms with E-state index in [1.807, 2.05) is 0 Å². The van der Waals surface area contributed by atoms with E-state index < -0.39 is 223 Å². The number of carbonyl (C=O) groups excluding carboxylic acids is 3. The van der Waals surface area contributed by atoms with Gasteiger partial charge in [0.1, 0.15) is 103 Å². The number of phenols is 8. The van der Waals surface area contributed by atoms with Crippen molar-refractivity contribution < 1.29 is 164 Å². The highest BCUT2D eigenvalue weighted by Gasteiger charge is 2.57. The number of thioether (sulfide) groups is 1. The smallest absolute Gasteiger partial charge is 0.338 e. The molecule has 89 heavy (non-hydrogen) atoms. The van der Waals surface area contributed by atoms with E-state index in [0.29, 0.717) is 0 Å². The summed E-state index contributed by atoms with van der Waals surface area (Å²) in [6.45, 7) is -0.319. The van der Waals surface area contributed by atoms with Crippen molar-refractivity contribution in [1.82, 2.24) is 10.6 Å². The van der Waals surface area contributed by atoms with E-state index in [0.717, 1.165) is 55.9 Å². The average molecular weight is 1290 g/mol. The number of rotatable bonds is 24. The molecule has 0 aromatic heterocycles. The molecule has 0 bridgehead atoms. The molecule has 494 valence electrons. The lowest BCUT2D eigenvalue weighted by atomic mass is 9.93. The summed E-state index contributed by atoms with van der Waals surface area (Å²) >= 11 is 0.810. The number of hydrogen-bond acceptors (Lipinski definition) is 32. The van der Waals surface area contributed by atoms with Crippen molar-refractivity contribution in [2.24, 2.45) is 0 Å². The molecule has 0 saturated carbocycles. The van der Waals surface area contributed by atoms with Crippen LogP contribution in [0, 0.1) is 0 Å². The first kappa shape index (κ1) is 69.4. The summed E-state index contributed by atoms with van der Waals surface area (Å²) < 4.78 is 45.7. The number of ether oxygens (including phenoxy) is 8. The molecule has 3 aromatic carbocycles. The van der Waals surface area contributed by atoms with Crippen molar-refractivity contribution >= 4 is 41.5 Å². The minimum absolute atomic E-state index is 0.00837. The number of carboxylic acids is 2. The van der Waals surface area contributed by atoms with Crippen molar-refractivity contribution in [3.05, 3.63) is 47.0 Å². The van der Waals surface area contributed by atoms with Gasteiger partial charge in [-0.3, -0.25) is 9.59 Å². The van der Waals surface area contributed by atoms with Crippen molar-refractivity contribution in [3.8, 4) is 51.7 Å². The summed E-state index contributed by atoms with van der Waals surface area (Å²) in [7, 11) is 0. The summed E-state index contributed by atoms with van der Waals surface area (Å²) in [6.07, 6.45) is -41.3. The minimum atomic E-state index is -2.47. The maximum Gasteiger partial charge on any atom is 0.338 e. The fourth-order valence-corrected chi connectivity index (χ4v) is 11.5. The van der Waals surface area contributed by atoms with Gasteiger partial charge in [0.05, 0.1) is 29.7 Å². The highest BCUT2D eigenvalue weighted by atomic mass is 32.2. The van der Waals surface area contributed by atoms with Gasteiger partial charge in [-0.05, 0) is 36.8 Å². The lowest BCUT2D eigenvalue weighted by Crippen LogP contribution is -2.70. The standard InChI is InChI=1S/C53H68N2O33S/c1-15(58)54-21(5-3-4-6-89-47-20(11-25(64)32(67)38(47)73)41-28(12-19-22(61)9-18(60)10-27(19)81-41)82-50(80)17-7-23(62)31(66)24(63)8-17)42(33(68)26(65)13-56)84-53-40(75)37(72)44(46(88-53)49(78)79)86-51-30(55-16(2)59)43(34(69)29(14-57)83-51)85-52-39(74)35(70)36(71)45(87-52)48(76)77/h7-11,21,26,28-30,33-37,39-46,51-53,56-57,60-75H,3-6,12-14H2,1-2H3,(H,54,58)(H,55,59)(H,76,77)(H,78,79)/t21?,26?,28-,29?,30?,33-,34-,35+,36+,37-,39?,40?,41-,42-,43-,44+,45?,46?,51+,52-,53-/m1/s1. The van der Waals surface area contributed by atoms with Crippen LogP contribution in [0.2, 0.25) is 0 Å². The zero-order valence-corrected chi connectivity index (χ0v) is 47.4. The molecule has 35 nitrogen and oxygen atoms in total. The maximum atomic E-state index is 13.5. The number of benzene rings is 3. The molecule has 3 saturated heterocycles. The molecule has 22 N–H and O–H groups in total. The van der Waals surface area contributed by atoms with Gasteiger partial charge in [0.15, 0.2) is 65.9 Å². The zero-order chi connectivity index (χ0) is 65.8. The average Bonchev–Trinajstić information content (AvgIpc) is 0.818. The van der Waals surface area contributed by atoms with Crippen LogP contribution < -0.4 is 15.4 Å². The third kappa shape index (κ3) is 15.4. The number of carboxylic acid groups (broad SMARTS) is 2. The topological polar surface area (TPSA) is 588 Å². The fourth-order valence-electron chi connectivity index (χ4n) is 10.4. The van der Waals surface area contributed by atoms with E-state index in [9.17, 15) is 126 Å². The quantitative estimate of drug-likeness (QED) is 0.0173. The first-order valence-electron chi connectivity index (χ1n) is 27.1. The number of phenolic OH excluding ortho intramolecular Hbond substituents is 8. The van der Waals surface area contributed by atoms with Crippen LogP contribution in [-0.2, 0) is 58.8 Å². The molecule has 36 heteroatoms. The number of nitrogens with one attached hydrogen (secondary N) is 2. The molecule has 0 spiro atoms. The van der Waals surface area contributed by atoms with E-state index in [1.165, 1.54) is 0 Å². The molecular weight excluding hydrogens is 1220 g/mol. The van der Waals surface area contributed by atoms with Gasteiger partial charge in [-0.25, -0.2) is 14.4 Å². The van der Waals surface area contributed by atoms with Gasteiger partial charge in [0.25, 0.3) is 0 Å². The number of carbonyl (C=O) groups is 5. The predicted octanol–water partition coefficient (Wildman–Crippen LogP) is -5.12. The van der Waals surface area contributed by atoms with Gasteiger partial charge in [-0.15, -0.1) is 11.8 Å². The third-order valence-electron chi connectivity index (χ3n) is 14.8. The Bertz CT molecular complexity index is 3010. The molecule has 0 radical (unpaired) electrons. The second-order valence-corrected chi connectivity index (χ2v) is 22.2. The predicted molar refractivity (Wildman–Crippen MR) is 287 cm³/mol. The van der Waals surface area contributed by atoms with Gasteiger partial charge >= 0.3 is 17.9 Å². The molecule has 0 aliphatic carbocycles. The molecule has 4 heterocycles. The first-order valence-corrected chi connectivity index (χ1v) is 28.0. The van der Waals surface area contributed by atoms with Crippen LogP contribution in [0.1, 0.15) is 60.7 Å². The second kappa shape index (κ2) is 29.3. The lowest BCUT2D eigenvalue weighted by Gasteiger charge is -2.49. The number of esters is 1. The van der Waals surface area contributed by atoms with E-state index in [4.69, 9.17) is 37.9 Å². The van der Waals surface area contributed by atoms with E-state index in [2.05, 4.69) is 10.6 Å². The molecule has 2 amide bonds. The SMILES string of the molecule is CC(=O)NC(CCCCSc1c([C@H]2Oc3cc(O)cc(O)c3C[C@H]2OC(=O)c2cc(O)c(O)c(O)c2)cc(O)c(O)c1O)[C@@H](O[C@@H]1OC(C(=O)O)[C@@H](O[C@@H]2OC(CO)[C@@H](O)[C@H](O[C@@H]3OC(C(=O)O)[C@@H](O)[C@H](O)C3O)C2NC(C)=O)[C@H](O)C1O)[C@H](O)C(O)CO. The van der Waals surface area contributed by atoms with E-state index in [1.54, 1.807) is 0 Å². The van der Waals surface area contributed by atoms with Crippen LogP contribution in [-0.4, -0.2) is 273 Å². The van der Waals surface area contributed by atoms with Crippen LogP contribution in [0.25, 0.3) is 0 Å². The Kier molecular flexibility index (Phi) is 22.8. The number of fused-ring (bicyclic) bond motifs is 1. The summed E-state index contributed by atoms with van der Waals surface area (Å²) in [6, 6.07) is 1.16. The van der Waals surface area contributed by atoms with E-state index >= 15 is 0 Å². The van der Waals surface area contributed by atoms with Gasteiger partial charge in [-0.1, -0.05) is 6.42 Å². The Hall–Kier alpha value is -7.08. The minimum Gasteiger partial charge on any atom is -0.508 e. The van der Waals surface area contributed by atoms with Crippen LogP contribution in [0.3, 0.4) is 0 Å². The number of aromatic hydroxyl groups is 8. The summed E-state index contributed by atoms with van der Waals surface area (Å²) in [5.41, 5.74) is -0.631. The van der Waals surface area contributed by atoms with Crippen LogP contribution >= 0.6 is 11.8 Å². The number of aliphatic carboxylic acids is 2. The summed E-state index contributed by atoms with van der Waals surface area (Å²) in [4.78, 5) is 63.5. The van der Waals surface area contributed by atoms with E-state index in [-0.39, 0.29) is 53.2 Å². The third-order valence-corrected chi connectivity index (χ3v) is 16.0. The monoisotopic (exact) mass is 1290 g/mol. The first-order chi connectivity index (χ1) is 41.9. The van der Waals surface area contributed by atoms with Crippen LogP contribution in [0.4, 0.5) is 0 Å². The molecule has 7 rings (SSSR count). The van der Waals surface area contributed by atoms with Crippen molar-refractivity contribution in [2.45, 2.75) is 173 Å². The summed E-state index contributed by atoms with van der Waals surface area (Å²) in [5, 5.41) is 217. The van der Waals surface area contributed by atoms with Gasteiger partial charge in [0, 0.05) is 43.5 Å². The molecule has 4 aliphatic heterocycles. The number of hydrogen-bond donors (Lipinski definition) is 22. The van der Waals surface area contributed by atoms with Crippen molar-refractivity contribution in [2.75, 3.05) is 19.0 Å². The largest absolute Gasteiger partial charge is 0.508 e. The Balaban J connectivity index is 1.10. The molecule has 3 aromatic rings. The molecule has 8 unspecified atom stereocenters. The Morgan fingerprint density at radius 2 is 1.28 bits per heavy atom. The van der Waals surface area contributed by atoms with Gasteiger partial charge in [-0.2, -0.15) is 0 Å². The highest BCUT2D eigenvalue weighted by Crippen LogP contribution is 2.51. The number of unbranched alkanes of at least 4 members (excludes halogenated alkanes) is 1. The molecular formula is C53H68N2O33S. The lowest BCUT2D eigenvalue weighted by molar-refractivity contribution is -0.364. The number of aliphatic hydroxyl groups excluding tert-OH is 10. The number of amides is 2. The Labute approximate surface area is 505 Å². The normalized spacial score (nSPS) is 30.8. The molecule has 3 fully saturated rings. The number of aliphatic hydroxyl groups is 10. The van der Waals surface area contributed by atoms with Gasteiger partial charge < -0.3 is 151 Å². The molecule has 4 aliphatic rings. The Morgan fingerprint density at radius 3 is 1.89 bits per heavy atom. The Morgan fingerprint density at radius 1 is 0.663 bits per heavy atom. The van der Waals surface area contributed by atoms with Crippen LogP contribution in [0.5, 0.6) is 51.7 Å².